The van der Waals surface area contributed by atoms with Gasteiger partial charge in [-0.05, 0) is 33.3 Å². The molecule has 0 saturated heterocycles. The molecule has 0 radical (unpaired) electrons. The molecule has 6 nitrogen and oxygen atoms in total. The van der Waals surface area contributed by atoms with Crippen LogP contribution in [0.5, 0.6) is 0 Å². The van der Waals surface area contributed by atoms with Crippen LogP contribution in [0.1, 0.15) is 44.9 Å². The Kier molecular flexibility index (Phi) is 7.42. The van der Waals surface area contributed by atoms with Gasteiger partial charge < -0.3 is 15.5 Å². The van der Waals surface area contributed by atoms with Crippen molar-refractivity contribution in [1.82, 2.24) is 25.3 Å². The molecule has 2 aromatic rings. The molecular formula is C21H34N6. The third kappa shape index (κ3) is 6.71. The van der Waals surface area contributed by atoms with Gasteiger partial charge in [-0.2, -0.15) is 5.10 Å². The van der Waals surface area contributed by atoms with E-state index in [0.717, 1.165) is 19.0 Å². The Labute approximate surface area is 163 Å². The predicted octanol–water partition coefficient (Wildman–Crippen LogP) is 2.95. The lowest BCUT2D eigenvalue weighted by Gasteiger charge is -2.30. The summed E-state index contributed by atoms with van der Waals surface area (Å²) < 4.78 is 1.82. The van der Waals surface area contributed by atoms with Crippen molar-refractivity contribution in [2.75, 3.05) is 20.1 Å². The molecule has 1 aromatic heterocycles. The van der Waals surface area contributed by atoms with Crippen LogP contribution in [-0.4, -0.2) is 46.3 Å². The number of hydrogen-bond acceptors (Lipinski definition) is 3. The Bertz CT molecular complexity index is 719. The van der Waals surface area contributed by atoms with E-state index in [9.17, 15) is 0 Å². The van der Waals surface area contributed by atoms with Gasteiger partial charge in [0.25, 0.3) is 0 Å². The number of rotatable bonds is 8. The minimum atomic E-state index is -0.120. The van der Waals surface area contributed by atoms with Crippen molar-refractivity contribution in [3.05, 3.63) is 53.9 Å². The maximum absolute atomic E-state index is 4.88. The maximum Gasteiger partial charge on any atom is 0.194 e. The molecule has 2 N–H and O–H groups in total. The number of nitrogens with zero attached hydrogens (tertiary/aromatic N) is 4. The van der Waals surface area contributed by atoms with Crippen LogP contribution in [0.4, 0.5) is 0 Å². The number of aryl methyl sites for hydroxylation is 1. The summed E-state index contributed by atoms with van der Waals surface area (Å²) in [6.45, 7) is 11.0. The van der Waals surface area contributed by atoms with Gasteiger partial charge in [-0.3, -0.25) is 9.67 Å². The Balaban J connectivity index is 2.00. The number of nitrogens with one attached hydrogen (secondary N) is 2. The van der Waals surface area contributed by atoms with Crippen molar-refractivity contribution in [3.8, 4) is 0 Å². The summed E-state index contributed by atoms with van der Waals surface area (Å²) in [5, 5.41) is 11.3. The lowest BCUT2D eigenvalue weighted by molar-refractivity contribution is 0.354. The van der Waals surface area contributed by atoms with Gasteiger partial charge >= 0.3 is 0 Å². The monoisotopic (exact) mass is 370 g/mol. The molecular weight excluding hydrogens is 336 g/mol. The summed E-state index contributed by atoms with van der Waals surface area (Å²) in [6, 6.07) is 10.8. The Morgan fingerprint density at radius 3 is 2.59 bits per heavy atom. The normalized spacial score (nSPS) is 13.5. The van der Waals surface area contributed by atoms with Crippen LogP contribution in [-0.2, 0) is 13.6 Å². The second-order valence-corrected chi connectivity index (χ2v) is 7.71. The van der Waals surface area contributed by atoms with Crippen molar-refractivity contribution >= 4 is 5.96 Å². The summed E-state index contributed by atoms with van der Waals surface area (Å²) in [7, 11) is 3.99. The minimum Gasteiger partial charge on any atom is -0.357 e. The molecule has 0 bridgehead atoms. The van der Waals surface area contributed by atoms with Gasteiger partial charge in [0.15, 0.2) is 5.96 Å². The van der Waals surface area contributed by atoms with Gasteiger partial charge in [0.1, 0.15) is 0 Å². The molecule has 1 aromatic carbocycles. The van der Waals surface area contributed by atoms with Gasteiger partial charge in [0.2, 0.25) is 0 Å². The van der Waals surface area contributed by atoms with Crippen LogP contribution in [0.3, 0.4) is 0 Å². The van der Waals surface area contributed by atoms with Gasteiger partial charge in [0.05, 0.1) is 12.7 Å². The number of aliphatic imine (C=N–C) groups is 1. The maximum atomic E-state index is 4.88. The van der Waals surface area contributed by atoms with Crippen molar-refractivity contribution < 1.29 is 0 Å². The molecule has 6 heteroatoms. The van der Waals surface area contributed by atoms with Gasteiger partial charge in [0, 0.05) is 50.5 Å². The average Bonchev–Trinajstić information content (AvgIpc) is 3.03. The summed E-state index contributed by atoms with van der Waals surface area (Å²) in [6.07, 6.45) is 3.93. The van der Waals surface area contributed by atoms with Crippen LogP contribution in [0, 0.1) is 0 Å². The zero-order valence-electron chi connectivity index (χ0n) is 17.5. The molecule has 1 atom stereocenters. The van der Waals surface area contributed by atoms with Gasteiger partial charge in [-0.25, -0.2) is 0 Å². The van der Waals surface area contributed by atoms with E-state index >= 15 is 0 Å². The Hall–Kier alpha value is -2.34. The first-order valence-corrected chi connectivity index (χ1v) is 9.60. The fraction of sp³-hybridized carbons (Fsp3) is 0.524. The number of aromatic nitrogens is 2. The fourth-order valence-corrected chi connectivity index (χ4v) is 3.10. The van der Waals surface area contributed by atoms with Crippen molar-refractivity contribution in [2.45, 2.75) is 45.8 Å². The summed E-state index contributed by atoms with van der Waals surface area (Å²) in [4.78, 5) is 7.01. The molecule has 0 aliphatic heterocycles. The van der Waals surface area contributed by atoms with Crippen LogP contribution < -0.4 is 10.6 Å². The largest absolute Gasteiger partial charge is 0.357 e. The summed E-state index contributed by atoms with van der Waals surface area (Å²) in [5.41, 5.74) is 2.33. The zero-order valence-corrected chi connectivity index (χ0v) is 17.5. The minimum absolute atomic E-state index is 0.120. The summed E-state index contributed by atoms with van der Waals surface area (Å²) in [5.74, 6) is 0.906. The molecule has 0 aliphatic carbocycles. The predicted molar refractivity (Wildman–Crippen MR) is 113 cm³/mol. The molecule has 148 valence electrons. The molecule has 2 rings (SSSR count). The molecule has 0 spiro atoms. The highest BCUT2D eigenvalue weighted by Crippen LogP contribution is 2.16. The summed E-state index contributed by atoms with van der Waals surface area (Å²) >= 11 is 0. The molecule has 1 unspecified atom stereocenters. The third-order valence-corrected chi connectivity index (χ3v) is 4.41. The van der Waals surface area contributed by atoms with Crippen LogP contribution in [0.2, 0.25) is 0 Å². The van der Waals surface area contributed by atoms with E-state index < -0.39 is 0 Å². The highest BCUT2D eigenvalue weighted by atomic mass is 15.3. The van der Waals surface area contributed by atoms with E-state index in [2.05, 4.69) is 79.6 Å². The van der Waals surface area contributed by atoms with E-state index in [-0.39, 0.29) is 11.6 Å². The van der Waals surface area contributed by atoms with Crippen molar-refractivity contribution in [1.29, 1.82) is 0 Å². The number of guanidine groups is 1. The highest BCUT2D eigenvalue weighted by molar-refractivity contribution is 5.79. The third-order valence-electron chi connectivity index (χ3n) is 4.41. The standard InChI is InChI=1S/C21H34N6/c1-7-22-20(26(5)14-18-13-24-27(6)15-18)23-16-21(3,4)25-17(2)19-11-9-8-10-12-19/h8-13,15,17,25H,7,14,16H2,1-6H3,(H,22,23). The SMILES string of the molecule is CCNC(=NCC(C)(C)NC(C)c1ccccc1)N(C)Cc1cnn(C)c1. The van der Waals surface area contributed by atoms with E-state index in [1.165, 1.54) is 11.1 Å². The number of benzene rings is 1. The average molecular weight is 371 g/mol. The van der Waals surface area contributed by atoms with E-state index in [1.807, 2.05) is 30.2 Å². The topological polar surface area (TPSA) is 57.5 Å². The lowest BCUT2D eigenvalue weighted by Crippen LogP contribution is -2.45. The first kappa shape index (κ1) is 21.0. The molecule has 27 heavy (non-hydrogen) atoms. The molecule has 0 aliphatic rings. The number of hydrogen-bond donors (Lipinski definition) is 2. The Morgan fingerprint density at radius 1 is 1.30 bits per heavy atom. The van der Waals surface area contributed by atoms with Gasteiger partial charge in [-0.15, -0.1) is 0 Å². The van der Waals surface area contributed by atoms with Crippen molar-refractivity contribution in [2.24, 2.45) is 12.0 Å². The zero-order chi connectivity index (χ0) is 19.9. The Morgan fingerprint density at radius 2 is 2.00 bits per heavy atom. The van der Waals surface area contributed by atoms with Gasteiger partial charge in [-0.1, -0.05) is 30.3 Å². The fourth-order valence-electron chi connectivity index (χ4n) is 3.10. The van der Waals surface area contributed by atoms with Crippen molar-refractivity contribution in [3.63, 3.8) is 0 Å². The highest BCUT2D eigenvalue weighted by Gasteiger charge is 2.21. The second-order valence-electron chi connectivity index (χ2n) is 7.71. The van der Waals surface area contributed by atoms with Crippen LogP contribution in [0.15, 0.2) is 47.7 Å². The molecule has 0 amide bonds. The molecule has 0 saturated carbocycles. The molecule has 1 heterocycles. The van der Waals surface area contributed by atoms with E-state index in [4.69, 9.17) is 4.99 Å². The van der Waals surface area contributed by atoms with Crippen LogP contribution >= 0.6 is 0 Å². The smallest absolute Gasteiger partial charge is 0.194 e. The van der Waals surface area contributed by atoms with E-state index in [0.29, 0.717) is 6.54 Å². The first-order valence-electron chi connectivity index (χ1n) is 9.60. The molecule has 0 fully saturated rings. The quantitative estimate of drug-likeness (QED) is 0.554. The van der Waals surface area contributed by atoms with E-state index in [1.54, 1.807) is 0 Å². The lowest BCUT2D eigenvalue weighted by atomic mass is 10.0. The second kappa shape index (κ2) is 9.55. The van der Waals surface area contributed by atoms with Crippen LogP contribution in [0.25, 0.3) is 0 Å². The first-order chi connectivity index (χ1) is 12.8.